The van der Waals surface area contributed by atoms with Gasteiger partial charge in [0.1, 0.15) is 18.5 Å². The van der Waals surface area contributed by atoms with Crippen LogP contribution in [0.25, 0.3) is 0 Å². The van der Waals surface area contributed by atoms with Crippen LogP contribution in [0.2, 0.25) is 10.0 Å². The molecule has 0 aromatic heterocycles. The lowest BCUT2D eigenvalue weighted by Gasteiger charge is -2.40. The van der Waals surface area contributed by atoms with E-state index in [0.717, 1.165) is 0 Å². The van der Waals surface area contributed by atoms with Crippen LogP contribution in [0.1, 0.15) is 33.1 Å². The van der Waals surface area contributed by atoms with Crippen LogP contribution in [0.5, 0.6) is 5.75 Å². The van der Waals surface area contributed by atoms with Gasteiger partial charge in [0.2, 0.25) is 0 Å². The molecule has 0 radical (unpaired) electrons. The Morgan fingerprint density at radius 2 is 1.91 bits per heavy atom. The van der Waals surface area contributed by atoms with Crippen molar-refractivity contribution in [2.45, 2.75) is 51.3 Å². The quantitative estimate of drug-likeness (QED) is 0.835. The second-order valence-corrected chi connectivity index (χ2v) is 6.71. The molecular formula is C16H24Cl3NO2. The summed E-state index contributed by atoms with van der Waals surface area (Å²) in [6.07, 6.45) is 3.13. The maximum Gasteiger partial charge on any atom is 0.138 e. The third-order valence-electron chi connectivity index (χ3n) is 4.12. The summed E-state index contributed by atoms with van der Waals surface area (Å²) in [5.41, 5.74) is 0. The van der Waals surface area contributed by atoms with Crippen LogP contribution in [-0.2, 0) is 0 Å². The number of β-amino-alcohol motifs (C(OH)–C–C–N with tert-alkyl or cyclic N) is 1. The molecule has 3 nitrogen and oxygen atoms in total. The van der Waals surface area contributed by atoms with Crippen molar-refractivity contribution in [1.29, 1.82) is 0 Å². The maximum atomic E-state index is 10.2. The number of aliphatic hydroxyl groups excluding tert-OH is 1. The highest BCUT2D eigenvalue weighted by molar-refractivity contribution is 6.35. The maximum absolute atomic E-state index is 10.2. The zero-order chi connectivity index (χ0) is 15.4. The third-order valence-corrected chi connectivity index (χ3v) is 4.65. The van der Waals surface area contributed by atoms with Gasteiger partial charge in [0.25, 0.3) is 0 Å². The van der Waals surface area contributed by atoms with Crippen molar-refractivity contribution in [3.63, 3.8) is 0 Å². The molecule has 3 unspecified atom stereocenters. The minimum absolute atomic E-state index is 0. The number of benzene rings is 1. The third kappa shape index (κ3) is 5.47. The molecule has 0 spiro atoms. The first-order valence-corrected chi connectivity index (χ1v) is 8.24. The van der Waals surface area contributed by atoms with Crippen molar-refractivity contribution >= 4 is 35.6 Å². The number of nitrogens with zero attached hydrogens (tertiary/aromatic N) is 1. The first-order valence-electron chi connectivity index (χ1n) is 7.49. The fourth-order valence-corrected chi connectivity index (χ4v) is 3.37. The fourth-order valence-electron chi connectivity index (χ4n) is 2.91. The van der Waals surface area contributed by atoms with Crippen LogP contribution >= 0.6 is 35.6 Å². The molecule has 1 saturated heterocycles. The van der Waals surface area contributed by atoms with Crippen molar-refractivity contribution in [3.8, 4) is 5.75 Å². The Kier molecular flexibility index (Phi) is 8.29. The van der Waals surface area contributed by atoms with E-state index < -0.39 is 6.10 Å². The van der Waals surface area contributed by atoms with Crippen LogP contribution in [-0.4, -0.2) is 41.3 Å². The molecule has 0 aliphatic carbocycles. The predicted molar refractivity (Wildman–Crippen MR) is 94.7 cm³/mol. The summed E-state index contributed by atoms with van der Waals surface area (Å²) >= 11 is 11.9. The van der Waals surface area contributed by atoms with E-state index in [1.165, 1.54) is 19.3 Å². The molecule has 1 aromatic carbocycles. The van der Waals surface area contributed by atoms with Gasteiger partial charge in [-0.3, -0.25) is 4.90 Å². The van der Waals surface area contributed by atoms with Gasteiger partial charge >= 0.3 is 0 Å². The zero-order valence-corrected chi connectivity index (χ0v) is 15.3. The molecule has 0 bridgehead atoms. The lowest BCUT2D eigenvalue weighted by atomic mass is 9.97. The molecule has 1 N–H and O–H groups in total. The summed E-state index contributed by atoms with van der Waals surface area (Å²) in [7, 11) is 0. The van der Waals surface area contributed by atoms with Gasteiger partial charge in [-0.05, 0) is 44.9 Å². The number of likely N-dealkylation sites (tertiary alicyclic amines) is 1. The van der Waals surface area contributed by atoms with Gasteiger partial charge < -0.3 is 9.84 Å². The van der Waals surface area contributed by atoms with E-state index in [4.69, 9.17) is 27.9 Å². The first kappa shape index (κ1) is 19.9. The Morgan fingerprint density at radius 3 is 2.50 bits per heavy atom. The highest BCUT2D eigenvalue weighted by Gasteiger charge is 2.26. The van der Waals surface area contributed by atoms with E-state index in [9.17, 15) is 5.11 Å². The Labute approximate surface area is 149 Å². The van der Waals surface area contributed by atoms with E-state index >= 15 is 0 Å². The Hall–Kier alpha value is -0.190. The molecule has 22 heavy (non-hydrogen) atoms. The van der Waals surface area contributed by atoms with E-state index in [0.29, 0.717) is 34.4 Å². The summed E-state index contributed by atoms with van der Waals surface area (Å²) in [5.74, 6) is 0.555. The molecular weight excluding hydrogens is 345 g/mol. The number of ether oxygens (including phenoxy) is 1. The second-order valence-electron chi connectivity index (χ2n) is 5.87. The van der Waals surface area contributed by atoms with E-state index in [2.05, 4.69) is 18.7 Å². The minimum atomic E-state index is -0.528. The molecule has 0 amide bonds. The topological polar surface area (TPSA) is 32.7 Å². The largest absolute Gasteiger partial charge is 0.489 e. The standard InChI is InChI=1S/C16H23Cl2NO2.ClH/c1-11-4-3-5-12(2)19(11)9-14(20)10-21-16-7-6-13(17)8-15(16)18;/h6-8,11-12,14,20H,3-5,9-10H2,1-2H3;1H. The van der Waals surface area contributed by atoms with E-state index in [-0.39, 0.29) is 19.0 Å². The number of hydrogen-bond donors (Lipinski definition) is 1. The molecule has 126 valence electrons. The molecule has 1 heterocycles. The Balaban J connectivity index is 0.00000242. The summed E-state index contributed by atoms with van der Waals surface area (Å²) in [6.45, 7) is 5.31. The number of hydrogen-bond acceptors (Lipinski definition) is 3. The SMILES string of the molecule is CC1CCCC(C)N1CC(O)COc1ccc(Cl)cc1Cl.Cl. The first-order chi connectivity index (χ1) is 9.97. The molecule has 1 fully saturated rings. The van der Waals surface area contributed by atoms with Crippen molar-refractivity contribution in [2.24, 2.45) is 0 Å². The average molecular weight is 369 g/mol. The number of piperidine rings is 1. The fraction of sp³-hybridized carbons (Fsp3) is 0.625. The van der Waals surface area contributed by atoms with Crippen molar-refractivity contribution in [2.75, 3.05) is 13.2 Å². The number of aliphatic hydroxyl groups is 1. The van der Waals surface area contributed by atoms with Crippen LogP contribution in [0, 0.1) is 0 Å². The van der Waals surface area contributed by atoms with Crippen LogP contribution in [0.3, 0.4) is 0 Å². The van der Waals surface area contributed by atoms with Crippen LogP contribution in [0.15, 0.2) is 18.2 Å². The van der Waals surface area contributed by atoms with Gasteiger partial charge in [0.05, 0.1) is 5.02 Å². The lowest BCUT2D eigenvalue weighted by Crippen LogP contribution is -2.48. The molecule has 1 aliphatic heterocycles. The van der Waals surface area contributed by atoms with E-state index in [1.54, 1.807) is 18.2 Å². The van der Waals surface area contributed by atoms with Gasteiger partial charge in [0.15, 0.2) is 0 Å². The Bertz CT molecular complexity index is 463. The Morgan fingerprint density at radius 1 is 1.27 bits per heavy atom. The molecule has 1 aliphatic rings. The van der Waals surface area contributed by atoms with Gasteiger partial charge in [-0.15, -0.1) is 12.4 Å². The van der Waals surface area contributed by atoms with Crippen molar-refractivity contribution in [3.05, 3.63) is 28.2 Å². The number of rotatable bonds is 5. The van der Waals surface area contributed by atoms with Gasteiger partial charge in [-0.2, -0.15) is 0 Å². The molecule has 6 heteroatoms. The van der Waals surface area contributed by atoms with E-state index in [1.807, 2.05) is 0 Å². The van der Waals surface area contributed by atoms with Gasteiger partial charge in [-0.25, -0.2) is 0 Å². The molecule has 3 atom stereocenters. The molecule has 0 saturated carbocycles. The van der Waals surface area contributed by atoms with Crippen LogP contribution in [0.4, 0.5) is 0 Å². The van der Waals surface area contributed by atoms with Crippen molar-refractivity contribution in [1.82, 2.24) is 4.90 Å². The zero-order valence-electron chi connectivity index (χ0n) is 13.0. The number of halogens is 3. The predicted octanol–water partition coefficient (Wildman–Crippen LogP) is 4.42. The highest BCUT2D eigenvalue weighted by Crippen LogP contribution is 2.28. The average Bonchev–Trinajstić information content (AvgIpc) is 2.42. The normalized spacial score (nSPS) is 23.7. The van der Waals surface area contributed by atoms with Crippen LogP contribution < -0.4 is 4.74 Å². The molecule has 1 aromatic rings. The highest BCUT2D eigenvalue weighted by atomic mass is 35.5. The minimum Gasteiger partial charge on any atom is -0.489 e. The molecule has 2 rings (SSSR count). The monoisotopic (exact) mass is 367 g/mol. The second kappa shape index (κ2) is 9.19. The summed E-state index contributed by atoms with van der Waals surface area (Å²) in [5, 5.41) is 11.2. The summed E-state index contributed by atoms with van der Waals surface area (Å²) < 4.78 is 5.60. The summed E-state index contributed by atoms with van der Waals surface area (Å²) in [6, 6.07) is 6.12. The summed E-state index contributed by atoms with van der Waals surface area (Å²) in [4.78, 5) is 2.36. The lowest BCUT2D eigenvalue weighted by molar-refractivity contribution is 0.0209. The smallest absolute Gasteiger partial charge is 0.138 e. The van der Waals surface area contributed by atoms with Gasteiger partial charge in [0, 0.05) is 23.7 Å². The van der Waals surface area contributed by atoms with Gasteiger partial charge in [-0.1, -0.05) is 29.6 Å². The van der Waals surface area contributed by atoms with Crippen molar-refractivity contribution < 1.29 is 9.84 Å².